The zero-order valence-corrected chi connectivity index (χ0v) is 16.2. The summed E-state index contributed by atoms with van der Waals surface area (Å²) in [5, 5.41) is 2.57. The first-order chi connectivity index (χ1) is 13.7. The second kappa shape index (κ2) is 8.24. The van der Waals surface area contributed by atoms with Gasteiger partial charge in [-0.25, -0.2) is 12.8 Å². The molecule has 0 spiro atoms. The summed E-state index contributed by atoms with van der Waals surface area (Å²) in [6.07, 6.45) is 0.892. The number of sulfonamides is 1. The van der Waals surface area contributed by atoms with Gasteiger partial charge in [-0.3, -0.25) is 14.3 Å². The van der Waals surface area contributed by atoms with E-state index >= 15 is 0 Å². The SMILES string of the molecule is CS(=O)(=O)Nc1cc(NC(=O)c2ccccc2C(=O)c2ccccc2)ccc1F. The zero-order chi connectivity index (χ0) is 21.0. The fourth-order valence-corrected chi connectivity index (χ4v) is 3.26. The van der Waals surface area contributed by atoms with Crippen molar-refractivity contribution >= 4 is 33.1 Å². The summed E-state index contributed by atoms with van der Waals surface area (Å²) in [5.41, 5.74) is 0.675. The van der Waals surface area contributed by atoms with E-state index in [2.05, 4.69) is 5.32 Å². The molecule has 0 bridgehead atoms. The number of rotatable bonds is 6. The minimum Gasteiger partial charge on any atom is -0.322 e. The molecule has 0 aliphatic carbocycles. The predicted molar refractivity (Wildman–Crippen MR) is 109 cm³/mol. The third-order valence-electron chi connectivity index (χ3n) is 3.97. The van der Waals surface area contributed by atoms with Crippen LogP contribution in [0.4, 0.5) is 15.8 Å². The molecule has 0 aliphatic heterocycles. The van der Waals surface area contributed by atoms with E-state index in [-0.39, 0.29) is 28.3 Å². The molecule has 0 saturated carbocycles. The van der Waals surface area contributed by atoms with Gasteiger partial charge in [0.15, 0.2) is 5.78 Å². The van der Waals surface area contributed by atoms with Gasteiger partial charge >= 0.3 is 0 Å². The van der Waals surface area contributed by atoms with Gasteiger partial charge in [0.2, 0.25) is 10.0 Å². The number of halogens is 1. The first kappa shape index (κ1) is 20.2. The van der Waals surface area contributed by atoms with Crippen molar-refractivity contribution in [1.82, 2.24) is 0 Å². The van der Waals surface area contributed by atoms with Gasteiger partial charge in [0.1, 0.15) is 5.82 Å². The van der Waals surface area contributed by atoms with Crippen LogP contribution in [0.3, 0.4) is 0 Å². The summed E-state index contributed by atoms with van der Waals surface area (Å²) in [5.74, 6) is -1.68. The van der Waals surface area contributed by atoms with E-state index < -0.39 is 21.7 Å². The average Bonchev–Trinajstić information content (AvgIpc) is 2.69. The number of benzene rings is 3. The van der Waals surface area contributed by atoms with Gasteiger partial charge in [-0.1, -0.05) is 48.5 Å². The van der Waals surface area contributed by atoms with Gasteiger partial charge in [-0.05, 0) is 24.3 Å². The maximum absolute atomic E-state index is 13.8. The maximum atomic E-state index is 13.8. The van der Waals surface area contributed by atoms with Gasteiger partial charge in [0.25, 0.3) is 5.91 Å². The number of nitrogens with one attached hydrogen (secondary N) is 2. The van der Waals surface area contributed by atoms with E-state index in [1.54, 1.807) is 48.5 Å². The molecule has 0 saturated heterocycles. The lowest BCUT2D eigenvalue weighted by molar-refractivity contribution is 0.0996. The lowest BCUT2D eigenvalue weighted by Crippen LogP contribution is -2.17. The zero-order valence-electron chi connectivity index (χ0n) is 15.3. The van der Waals surface area contributed by atoms with Crippen molar-refractivity contribution in [3.05, 3.63) is 95.3 Å². The second-order valence-corrected chi connectivity index (χ2v) is 8.01. The molecule has 0 aromatic heterocycles. The Morgan fingerprint density at radius 1 is 0.862 bits per heavy atom. The Kier molecular flexibility index (Phi) is 5.74. The van der Waals surface area contributed by atoms with Crippen LogP contribution < -0.4 is 10.0 Å². The Bertz CT molecular complexity index is 1180. The molecular weight excluding hydrogens is 395 g/mol. The lowest BCUT2D eigenvalue weighted by Gasteiger charge is -2.12. The van der Waals surface area contributed by atoms with Crippen LogP contribution in [-0.2, 0) is 10.0 Å². The molecule has 3 aromatic carbocycles. The van der Waals surface area contributed by atoms with Crippen molar-refractivity contribution in [1.29, 1.82) is 0 Å². The van der Waals surface area contributed by atoms with Crippen LogP contribution in [0.15, 0.2) is 72.8 Å². The summed E-state index contributed by atoms with van der Waals surface area (Å²) < 4.78 is 38.6. The number of amides is 1. The molecule has 0 heterocycles. The topological polar surface area (TPSA) is 92.3 Å². The highest BCUT2D eigenvalue weighted by molar-refractivity contribution is 7.92. The van der Waals surface area contributed by atoms with Crippen molar-refractivity contribution in [3.8, 4) is 0 Å². The fraction of sp³-hybridized carbons (Fsp3) is 0.0476. The first-order valence-electron chi connectivity index (χ1n) is 8.52. The summed E-state index contributed by atoms with van der Waals surface area (Å²) in [4.78, 5) is 25.5. The summed E-state index contributed by atoms with van der Waals surface area (Å²) in [6, 6.07) is 18.4. The van der Waals surface area contributed by atoms with Crippen molar-refractivity contribution < 1.29 is 22.4 Å². The molecule has 29 heavy (non-hydrogen) atoms. The van der Waals surface area contributed by atoms with E-state index in [1.165, 1.54) is 12.1 Å². The molecule has 0 unspecified atom stereocenters. The molecule has 148 valence electrons. The first-order valence-corrected chi connectivity index (χ1v) is 10.4. The minimum absolute atomic E-state index is 0.142. The molecule has 0 aliphatic rings. The summed E-state index contributed by atoms with van der Waals surface area (Å²) in [6.45, 7) is 0. The molecule has 8 heteroatoms. The minimum atomic E-state index is -3.69. The van der Waals surface area contributed by atoms with Crippen LogP contribution in [0, 0.1) is 5.82 Å². The van der Waals surface area contributed by atoms with Gasteiger partial charge < -0.3 is 5.32 Å². The van der Waals surface area contributed by atoms with Crippen LogP contribution in [0.5, 0.6) is 0 Å². The summed E-state index contributed by atoms with van der Waals surface area (Å²) >= 11 is 0. The number of anilines is 2. The third-order valence-corrected chi connectivity index (χ3v) is 4.56. The van der Waals surface area contributed by atoms with Crippen LogP contribution in [0.25, 0.3) is 0 Å². The molecule has 3 rings (SSSR count). The van der Waals surface area contributed by atoms with Gasteiger partial charge in [0.05, 0.1) is 17.5 Å². The molecule has 3 aromatic rings. The number of carbonyl (C=O) groups excluding carboxylic acids is 2. The fourth-order valence-electron chi connectivity index (χ4n) is 2.70. The predicted octanol–water partition coefficient (Wildman–Crippen LogP) is 3.68. The van der Waals surface area contributed by atoms with Crippen molar-refractivity contribution in [3.63, 3.8) is 0 Å². The quantitative estimate of drug-likeness (QED) is 0.604. The van der Waals surface area contributed by atoms with Crippen LogP contribution in [0.2, 0.25) is 0 Å². The van der Waals surface area contributed by atoms with Crippen LogP contribution >= 0.6 is 0 Å². The number of carbonyl (C=O) groups is 2. The van der Waals surface area contributed by atoms with Crippen LogP contribution in [0.1, 0.15) is 26.3 Å². The van der Waals surface area contributed by atoms with Crippen LogP contribution in [-0.4, -0.2) is 26.4 Å². The lowest BCUT2D eigenvalue weighted by atomic mass is 9.98. The molecule has 2 N–H and O–H groups in total. The molecule has 0 fully saturated rings. The summed E-state index contributed by atoms with van der Waals surface area (Å²) in [7, 11) is -3.69. The van der Waals surface area contributed by atoms with E-state index in [0.29, 0.717) is 5.56 Å². The smallest absolute Gasteiger partial charge is 0.256 e. The molecule has 1 amide bonds. The largest absolute Gasteiger partial charge is 0.322 e. The van der Waals surface area contributed by atoms with Gasteiger partial charge in [-0.2, -0.15) is 0 Å². The molecular formula is C21H17FN2O4S. The molecule has 0 atom stereocenters. The van der Waals surface area contributed by atoms with E-state index in [4.69, 9.17) is 0 Å². The highest BCUT2D eigenvalue weighted by Gasteiger charge is 2.18. The Labute approximate surface area is 167 Å². The Morgan fingerprint density at radius 2 is 1.48 bits per heavy atom. The van der Waals surface area contributed by atoms with Gasteiger partial charge in [-0.15, -0.1) is 0 Å². The third kappa shape index (κ3) is 5.05. The number of hydrogen-bond donors (Lipinski definition) is 2. The van der Waals surface area contributed by atoms with Gasteiger partial charge in [0, 0.05) is 16.8 Å². The Morgan fingerprint density at radius 3 is 2.14 bits per heavy atom. The highest BCUT2D eigenvalue weighted by atomic mass is 32.2. The van der Waals surface area contributed by atoms with E-state index in [9.17, 15) is 22.4 Å². The normalized spacial score (nSPS) is 11.0. The Hall–Kier alpha value is -3.52. The monoisotopic (exact) mass is 412 g/mol. The van der Waals surface area contributed by atoms with E-state index in [0.717, 1.165) is 18.4 Å². The highest BCUT2D eigenvalue weighted by Crippen LogP contribution is 2.22. The van der Waals surface area contributed by atoms with E-state index in [1.807, 2.05) is 4.72 Å². The second-order valence-electron chi connectivity index (χ2n) is 6.26. The van der Waals surface area contributed by atoms with Crippen molar-refractivity contribution in [2.45, 2.75) is 0 Å². The standard InChI is InChI=1S/C21H17FN2O4S/c1-29(27,28)24-19-13-15(11-12-18(19)22)23-21(26)17-10-6-5-9-16(17)20(25)14-7-3-2-4-8-14/h2-13,24H,1H3,(H,23,26). The number of ketones is 1. The Balaban J connectivity index is 1.89. The maximum Gasteiger partial charge on any atom is 0.256 e. The average molecular weight is 412 g/mol. The molecule has 0 radical (unpaired) electrons. The number of hydrogen-bond acceptors (Lipinski definition) is 4. The molecule has 6 nitrogen and oxygen atoms in total. The van der Waals surface area contributed by atoms with Crippen molar-refractivity contribution in [2.75, 3.05) is 16.3 Å². The van der Waals surface area contributed by atoms with Crippen molar-refractivity contribution in [2.24, 2.45) is 0 Å².